The lowest BCUT2D eigenvalue weighted by Crippen LogP contribution is -2.10. The summed E-state index contributed by atoms with van der Waals surface area (Å²) in [5, 5.41) is 38.2. The molecule has 31 heavy (non-hydrogen) atoms. The minimum atomic E-state index is -1.42. The largest absolute Gasteiger partial charge is 0.478 e. The van der Waals surface area contributed by atoms with Gasteiger partial charge in [0.05, 0.1) is 27.8 Å². The molecule has 10 heteroatoms. The second-order valence-corrected chi connectivity index (χ2v) is 6.62. The van der Waals surface area contributed by atoms with Crippen LogP contribution in [0.1, 0.15) is 41.7 Å². The molecule has 0 saturated carbocycles. The Morgan fingerprint density at radius 1 is 0.613 bits per heavy atom. The molecule has 0 radical (unpaired) electrons. The number of nitrogens with zero attached hydrogens (tertiary/aromatic N) is 2. The van der Waals surface area contributed by atoms with Crippen molar-refractivity contribution in [3.8, 4) is 5.69 Å². The van der Waals surface area contributed by atoms with E-state index in [2.05, 4.69) is 4.98 Å². The first-order valence-electron chi connectivity index (χ1n) is 8.71. The quantitative estimate of drug-likeness (QED) is 0.379. The van der Waals surface area contributed by atoms with Gasteiger partial charge in [0.25, 0.3) is 0 Å². The van der Waals surface area contributed by atoms with Crippen LogP contribution in [0.2, 0.25) is 0 Å². The zero-order chi connectivity index (χ0) is 22.4. The van der Waals surface area contributed by atoms with Gasteiger partial charge in [0.2, 0.25) is 0 Å². The van der Waals surface area contributed by atoms with Crippen LogP contribution >= 0.6 is 0 Å². The van der Waals surface area contributed by atoms with Crippen LogP contribution < -0.4 is 0 Å². The van der Waals surface area contributed by atoms with Crippen molar-refractivity contribution >= 4 is 45.7 Å². The van der Waals surface area contributed by atoms with Crippen LogP contribution in [0.15, 0.2) is 48.5 Å². The van der Waals surface area contributed by atoms with Crippen molar-refractivity contribution in [1.82, 2.24) is 9.55 Å². The van der Waals surface area contributed by atoms with Crippen LogP contribution in [0.4, 0.5) is 0 Å². The number of pyridine rings is 1. The first-order valence-corrected chi connectivity index (χ1v) is 8.71. The average Bonchev–Trinajstić information content (AvgIpc) is 3.06. The van der Waals surface area contributed by atoms with E-state index in [9.17, 15) is 39.6 Å². The molecule has 4 aromatic rings. The Hall–Kier alpha value is -4.73. The maximum Gasteiger partial charge on any atom is 0.354 e. The van der Waals surface area contributed by atoms with Gasteiger partial charge in [-0.3, -0.25) is 0 Å². The zero-order valence-electron chi connectivity index (χ0n) is 15.4. The van der Waals surface area contributed by atoms with E-state index in [-0.39, 0.29) is 16.8 Å². The Bertz CT molecular complexity index is 1350. The van der Waals surface area contributed by atoms with Crippen molar-refractivity contribution in [3.63, 3.8) is 0 Å². The van der Waals surface area contributed by atoms with E-state index >= 15 is 0 Å². The van der Waals surface area contributed by atoms with Crippen LogP contribution in [0, 0.1) is 0 Å². The molecular formula is C21H12N2O8. The maximum atomic E-state index is 11.5. The van der Waals surface area contributed by atoms with Gasteiger partial charge in [0, 0.05) is 10.8 Å². The minimum Gasteiger partial charge on any atom is -0.478 e. The third-order valence-electron chi connectivity index (χ3n) is 4.77. The highest BCUT2D eigenvalue weighted by Crippen LogP contribution is 2.34. The highest BCUT2D eigenvalue weighted by molar-refractivity contribution is 6.12. The van der Waals surface area contributed by atoms with Crippen LogP contribution in [-0.2, 0) is 0 Å². The Kier molecular flexibility index (Phi) is 4.39. The molecule has 0 atom stereocenters. The van der Waals surface area contributed by atoms with Crippen molar-refractivity contribution in [2.24, 2.45) is 0 Å². The van der Waals surface area contributed by atoms with Crippen molar-refractivity contribution in [2.75, 3.05) is 0 Å². The van der Waals surface area contributed by atoms with E-state index in [1.165, 1.54) is 53.1 Å². The molecule has 2 heterocycles. The van der Waals surface area contributed by atoms with Crippen LogP contribution in [-0.4, -0.2) is 53.9 Å². The van der Waals surface area contributed by atoms with Gasteiger partial charge in [-0.1, -0.05) is 0 Å². The third-order valence-corrected chi connectivity index (χ3v) is 4.77. The number of aromatic carboxylic acids is 4. The summed E-state index contributed by atoms with van der Waals surface area (Å²) in [4.78, 5) is 49.4. The van der Waals surface area contributed by atoms with E-state index in [4.69, 9.17) is 0 Å². The smallest absolute Gasteiger partial charge is 0.354 e. The number of hydrogen-bond acceptors (Lipinski definition) is 5. The first-order chi connectivity index (χ1) is 14.7. The fraction of sp³-hybridized carbons (Fsp3) is 0. The number of carboxylic acid groups (broad SMARTS) is 4. The lowest BCUT2D eigenvalue weighted by Gasteiger charge is -2.10. The molecule has 0 spiro atoms. The fourth-order valence-electron chi connectivity index (χ4n) is 3.43. The molecule has 4 rings (SSSR count). The highest BCUT2D eigenvalue weighted by atomic mass is 16.4. The van der Waals surface area contributed by atoms with E-state index in [1.807, 2.05) is 0 Å². The third kappa shape index (κ3) is 3.21. The molecule has 2 aromatic carbocycles. The molecule has 154 valence electrons. The van der Waals surface area contributed by atoms with E-state index in [1.54, 1.807) is 0 Å². The fourth-order valence-corrected chi connectivity index (χ4v) is 3.43. The predicted molar refractivity (Wildman–Crippen MR) is 106 cm³/mol. The SMILES string of the molecule is O=C(O)c1ccc2c(c1)c1cc(C(=O)O)ccc1n2-c1cc(C(=O)O)nc(C(=O)O)c1. The van der Waals surface area contributed by atoms with E-state index < -0.39 is 35.3 Å². The number of benzene rings is 2. The summed E-state index contributed by atoms with van der Waals surface area (Å²) in [6.45, 7) is 0. The second kappa shape index (κ2) is 6.95. The van der Waals surface area contributed by atoms with Crippen molar-refractivity contribution in [2.45, 2.75) is 0 Å². The van der Waals surface area contributed by atoms with Crippen molar-refractivity contribution < 1.29 is 39.6 Å². The van der Waals surface area contributed by atoms with Gasteiger partial charge in [-0.25, -0.2) is 24.2 Å². The molecule has 0 bridgehead atoms. The molecule has 0 fully saturated rings. The van der Waals surface area contributed by atoms with Gasteiger partial charge >= 0.3 is 23.9 Å². The summed E-state index contributed by atoms with van der Waals surface area (Å²) in [7, 11) is 0. The molecule has 0 aliphatic heterocycles. The van der Waals surface area contributed by atoms with Gasteiger partial charge < -0.3 is 25.0 Å². The summed E-state index contributed by atoms with van der Waals surface area (Å²) >= 11 is 0. The Morgan fingerprint density at radius 3 is 1.39 bits per heavy atom. The number of fused-ring (bicyclic) bond motifs is 3. The van der Waals surface area contributed by atoms with Crippen molar-refractivity contribution in [3.05, 3.63) is 71.0 Å². The summed E-state index contributed by atoms with van der Waals surface area (Å²) in [6, 6.07) is 10.8. The average molecular weight is 420 g/mol. The molecule has 0 unspecified atom stereocenters. The van der Waals surface area contributed by atoms with Gasteiger partial charge in [-0.05, 0) is 48.5 Å². The molecule has 0 saturated heterocycles. The standard InChI is InChI=1S/C21H12N2O8/c24-18(25)9-1-3-16-12(5-9)13-6-10(19(26)27)2-4-17(13)23(16)11-7-14(20(28)29)22-15(8-11)21(30)31/h1-8H,(H,24,25)(H,26,27)(H,28,29)(H,30,31). The normalized spacial score (nSPS) is 11.0. The number of rotatable bonds is 5. The molecule has 4 N–H and O–H groups in total. The Labute approximate surface area is 172 Å². The lowest BCUT2D eigenvalue weighted by molar-refractivity contribution is 0.0672. The molecule has 2 aromatic heterocycles. The number of carbonyl (C=O) groups is 4. The minimum absolute atomic E-state index is 0.0283. The molecule has 0 amide bonds. The van der Waals surface area contributed by atoms with Crippen LogP contribution in [0.25, 0.3) is 27.5 Å². The first kappa shape index (κ1) is 19.6. The van der Waals surface area contributed by atoms with E-state index in [0.717, 1.165) is 0 Å². The van der Waals surface area contributed by atoms with E-state index in [0.29, 0.717) is 21.8 Å². The number of carboxylic acids is 4. The Balaban J connectivity index is 2.15. The topological polar surface area (TPSA) is 167 Å². The van der Waals surface area contributed by atoms with Gasteiger partial charge in [0.15, 0.2) is 11.4 Å². The molecule has 0 aliphatic carbocycles. The van der Waals surface area contributed by atoms with Crippen LogP contribution in [0.3, 0.4) is 0 Å². The Morgan fingerprint density at radius 2 is 1.03 bits per heavy atom. The lowest BCUT2D eigenvalue weighted by atomic mass is 10.1. The predicted octanol–water partition coefficient (Wildman–Crippen LogP) is 2.97. The summed E-state index contributed by atoms with van der Waals surface area (Å²) in [5.41, 5.74) is -0.0129. The number of hydrogen-bond donors (Lipinski definition) is 4. The highest BCUT2D eigenvalue weighted by Gasteiger charge is 2.20. The summed E-state index contributed by atoms with van der Waals surface area (Å²) in [6.07, 6.45) is 0. The second-order valence-electron chi connectivity index (χ2n) is 6.62. The maximum absolute atomic E-state index is 11.5. The zero-order valence-corrected chi connectivity index (χ0v) is 15.4. The van der Waals surface area contributed by atoms with Gasteiger partial charge in [-0.15, -0.1) is 0 Å². The van der Waals surface area contributed by atoms with Gasteiger partial charge in [-0.2, -0.15) is 0 Å². The molecule has 0 aliphatic rings. The van der Waals surface area contributed by atoms with Crippen molar-refractivity contribution in [1.29, 1.82) is 0 Å². The number of aromatic nitrogens is 2. The van der Waals surface area contributed by atoms with Gasteiger partial charge in [0.1, 0.15) is 0 Å². The summed E-state index contributed by atoms with van der Waals surface area (Å²) < 4.78 is 1.53. The monoisotopic (exact) mass is 420 g/mol. The molecule has 10 nitrogen and oxygen atoms in total. The summed E-state index contributed by atoms with van der Waals surface area (Å²) in [5.74, 6) is -5.21. The molecular weight excluding hydrogens is 408 g/mol. The van der Waals surface area contributed by atoms with Crippen LogP contribution in [0.5, 0.6) is 0 Å².